The van der Waals surface area contributed by atoms with Crippen molar-refractivity contribution in [1.29, 1.82) is 0 Å². The normalized spacial score (nSPS) is 11.2. The van der Waals surface area contributed by atoms with Gasteiger partial charge in [0.2, 0.25) is 0 Å². The maximum Gasteiger partial charge on any atom is 0.488 e. The van der Waals surface area contributed by atoms with Crippen molar-refractivity contribution in [2.75, 3.05) is 4.72 Å². The first kappa shape index (κ1) is 15.8. The van der Waals surface area contributed by atoms with Crippen LogP contribution in [0.1, 0.15) is 5.56 Å². The highest BCUT2D eigenvalue weighted by Crippen LogP contribution is 2.23. The van der Waals surface area contributed by atoms with Gasteiger partial charge in [-0.25, -0.2) is 8.42 Å². The fourth-order valence-electron chi connectivity index (χ4n) is 1.70. The van der Waals surface area contributed by atoms with Crippen molar-refractivity contribution < 1.29 is 18.5 Å². The molecular weight excluding hydrogens is 312 g/mol. The van der Waals surface area contributed by atoms with E-state index in [2.05, 4.69) is 4.72 Å². The lowest BCUT2D eigenvalue weighted by Crippen LogP contribution is -2.30. The number of sulfonamides is 1. The van der Waals surface area contributed by atoms with Gasteiger partial charge in [0.25, 0.3) is 10.0 Å². The first-order valence-electron chi connectivity index (χ1n) is 6.05. The van der Waals surface area contributed by atoms with Crippen molar-refractivity contribution in [3.63, 3.8) is 0 Å². The molecule has 2 aromatic carbocycles. The van der Waals surface area contributed by atoms with E-state index >= 15 is 0 Å². The minimum atomic E-state index is -3.79. The molecule has 0 aliphatic carbocycles. The Kier molecular flexibility index (Phi) is 4.58. The number of halogens is 1. The molecule has 0 spiro atoms. The standard InChI is InChI=1S/C13H13BClNO4S/c1-9-2-5-11(6-3-9)21(19,20)16-13-8-10(14(17)18)4-7-12(13)15/h2-8,16-18H,1H3. The topological polar surface area (TPSA) is 86.6 Å². The molecule has 2 rings (SSSR count). The second-order valence-electron chi connectivity index (χ2n) is 4.53. The molecule has 5 nitrogen and oxygen atoms in total. The molecule has 0 unspecified atom stereocenters. The first-order chi connectivity index (χ1) is 9.79. The fraction of sp³-hybridized carbons (Fsp3) is 0.0769. The molecule has 0 heterocycles. The zero-order valence-electron chi connectivity index (χ0n) is 11.1. The quantitative estimate of drug-likeness (QED) is 0.736. The number of hydrogen-bond donors (Lipinski definition) is 3. The van der Waals surface area contributed by atoms with E-state index in [-0.39, 0.29) is 21.1 Å². The molecule has 21 heavy (non-hydrogen) atoms. The molecule has 0 aliphatic heterocycles. The zero-order valence-corrected chi connectivity index (χ0v) is 12.7. The van der Waals surface area contributed by atoms with Gasteiger partial charge in [0.05, 0.1) is 15.6 Å². The second-order valence-corrected chi connectivity index (χ2v) is 6.62. The Hall–Kier alpha value is -1.54. The minimum Gasteiger partial charge on any atom is -0.423 e. The third-order valence-corrected chi connectivity index (χ3v) is 4.58. The molecule has 0 aliphatic rings. The molecule has 0 bridgehead atoms. The smallest absolute Gasteiger partial charge is 0.423 e. The van der Waals surface area contributed by atoms with E-state index in [1.165, 1.54) is 30.3 Å². The summed E-state index contributed by atoms with van der Waals surface area (Å²) in [5.41, 5.74) is 1.17. The van der Waals surface area contributed by atoms with Crippen molar-refractivity contribution in [2.45, 2.75) is 11.8 Å². The van der Waals surface area contributed by atoms with Crippen LogP contribution in [-0.4, -0.2) is 25.6 Å². The van der Waals surface area contributed by atoms with Gasteiger partial charge < -0.3 is 10.0 Å². The Balaban J connectivity index is 2.36. The van der Waals surface area contributed by atoms with Gasteiger partial charge in [-0.05, 0) is 36.7 Å². The third-order valence-electron chi connectivity index (χ3n) is 2.86. The Labute approximate surface area is 128 Å². The number of rotatable bonds is 4. The minimum absolute atomic E-state index is 0.0860. The molecule has 0 saturated heterocycles. The lowest BCUT2D eigenvalue weighted by atomic mass is 9.80. The molecule has 110 valence electrons. The van der Waals surface area contributed by atoms with Crippen LogP contribution in [-0.2, 0) is 10.0 Å². The largest absolute Gasteiger partial charge is 0.488 e. The number of aryl methyl sites for hydroxylation is 1. The summed E-state index contributed by atoms with van der Waals surface area (Å²) in [5, 5.41) is 18.4. The maximum atomic E-state index is 12.3. The van der Waals surface area contributed by atoms with Crippen LogP contribution in [0.5, 0.6) is 0 Å². The second kappa shape index (κ2) is 6.07. The van der Waals surface area contributed by atoms with Gasteiger partial charge in [-0.15, -0.1) is 0 Å². The van der Waals surface area contributed by atoms with Crippen LogP contribution in [0.15, 0.2) is 47.4 Å². The summed E-state index contributed by atoms with van der Waals surface area (Å²) in [5.74, 6) is 0. The molecule has 2 aromatic rings. The predicted octanol–water partition coefficient (Wildman–Crippen LogP) is 1.13. The van der Waals surface area contributed by atoms with Crippen LogP contribution in [0.4, 0.5) is 5.69 Å². The molecule has 0 amide bonds. The molecule has 0 saturated carbocycles. The lowest BCUT2D eigenvalue weighted by Gasteiger charge is -2.11. The predicted molar refractivity (Wildman–Crippen MR) is 83.3 cm³/mol. The van der Waals surface area contributed by atoms with Gasteiger partial charge in [-0.2, -0.15) is 0 Å². The average molecular weight is 326 g/mol. The fourth-order valence-corrected chi connectivity index (χ4v) is 2.99. The Bertz CT molecular complexity index is 747. The molecule has 3 N–H and O–H groups in total. The van der Waals surface area contributed by atoms with E-state index < -0.39 is 17.1 Å². The highest BCUT2D eigenvalue weighted by molar-refractivity contribution is 7.92. The summed E-state index contributed by atoms with van der Waals surface area (Å²) in [6.07, 6.45) is 0. The van der Waals surface area contributed by atoms with E-state index in [9.17, 15) is 8.42 Å². The van der Waals surface area contributed by atoms with E-state index in [0.717, 1.165) is 5.56 Å². The number of anilines is 1. The molecule has 0 radical (unpaired) electrons. The van der Waals surface area contributed by atoms with Gasteiger partial charge in [0.15, 0.2) is 0 Å². The van der Waals surface area contributed by atoms with E-state index in [0.29, 0.717) is 0 Å². The molecule has 0 fully saturated rings. The molecule has 0 aromatic heterocycles. The summed E-state index contributed by atoms with van der Waals surface area (Å²) >= 11 is 5.93. The molecular formula is C13H13BClNO4S. The van der Waals surface area contributed by atoms with Crippen LogP contribution in [0.3, 0.4) is 0 Å². The molecule has 8 heteroatoms. The van der Waals surface area contributed by atoms with Gasteiger partial charge in [0, 0.05) is 0 Å². The van der Waals surface area contributed by atoms with Crippen molar-refractivity contribution >= 4 is 39.9 Å². The van der Waals surface area contributed by atoms with Crippen molar-refractivity contribution in [3.8, 4) is 0 Å². The number of nitrogens with one attached hydrogen (secondary N) is 1. The number of hydrogen-bond acceptors (Lipinski definition) is 4. The summed E-state index contributed by atoms with van der Waals surface area (Å²) in [4.78, 5) is 0.0964. The summed E-state index contributed by atoms with van der Waals surface area (Å²) in [6.45, 7) is 1.85. The van der Waals surface area contributed by atoms with Crippen LogP contribution in [0.25, 0.3) is 0 Å². The van der Waals surface area contributed by atoms with Crippen LogP contribution in [0, 0.1) is 6.92 Å². The van der Waals surface area contributed by atoms with Gasteiger partial charge in [0.1, 0.15) is 0 Å². The van der Waals surface area contributed by atoms with Crippen LogP contribution >= 0.6 is 11.6 Å². The maximum absolute atomic E-state index is 12.3. The summed E-state index contributed by atoms with van der Waals surface area (Å²) in [6, 6.07) is 10.4. The van der Waals surface area contributed by atoms with E-state index in [1.807, 2.05) is 6.92 Å². The summed E-state index contributed by atoms with van der Waals surface area (Å²) < 4.78 is 26.8. The third kappa shape index (κ3) is 3.76. The Morgan fingerprint density at radius 3 is 2.29 bits per heavy atom. The first-order valence-corrected chi connectivity index (χ1v) is 7.91. The Morgan fingerprint density at radius 1 is 1.10 bits per heavy atom. The van der Waals surface area contributed by atoms with E-state index in [4.69, 9.17) is 21.6 Å². The zero-order chi connectivity index (χ0) is 15.6. The van der Waals surface area contributed by atoms with E-state index in [1.54, 1.807) is 12.1 Å². The van der Waals surface area contributed by atoms with Gasteiger partial charge in [-0.3, -0.25) is 4.72 Å². The van der Waals surface area contributed by atoms with Crippen molar-refractivity contribution in [2.24, 2.45) is 0 Å². The number of benzene rings is 2. The van der Waals surface area contributed by atoms with Crippen molar-refractivity contribution in [3.05, 3.63) is 53.1 Å². The monoisotopic (exact) mass is 325 g/mol. The van der Waals surface area contributed by atoms with Crippen LogP contribution < -0.4 is 10.2 Å². The van der Waals surface area contributed by atoms with Gasteiger partial charge >= 0.3 is 7.12 Å². The summed E-state index contributed by atoms with van der Waals surface area (Å²) in [7, 11) is -5.50. The highest BCUT2D eigenvalue weighted by Gasteiger charge is 2.18. The lowest BCUT2D eigenvalue weighted by molar-refractivity contribution is 0.426. The SMILES string of the molecule is Cc1ccc(S(=O)(=O)Nc2cc(B(O)O)ccc2Cl)cc1. The highest BCUT2D eigenvalue weighted by atomic mass is 35.5. The van der Waals surface area contributed by atoms with Crippen molar-refractivity contribution in [1.82, 2.24) is 0 Å². The van der Waals surface area contributed by atoms with Gasteiger partial charge in [-0.1, -0.05) is 35.4 Å². The molecule has 0 atom stereocenters. The average Bonchev–Trinajstić information content (AvgIpc) is 2.41. The Morgan fingerprint density at radius 2 is 1.71 bits per heavy atom. The van der Waals surface area contributed by atoms with Crippen LogP contribution in [0.2, 0.25) is 5.02 Å².